The smallest absolute Gasteiger partial charge is 0.466 e. The first-order chi connectivity index (χ1) is 10.6. The molecule has 1 rings (SSSR count). The third kappa shape index (κ3) is 5.00. The molecule has 0 aliphatic rings. The molecule has 12 heteroatoms. The van der Waals surface area contributed by atoms with Gasteiger partial charge < -0.3 is 19.6 Å². The number of nitro groups is 1. The van der Waals surface area contributed by atoms with Crippen LogP contribution in [0.15, 0.2) is 6.20 Å². The molecule has 0 fully saturated rings. The molecule has 23 heavy (non-hydrogen) atoms. The summed E-state index contributed by atoms with van der Waals surface area (Å²) in [6.07, 6.45) is -9.48. The van der Waals surface area contributed by atoms with Crippen LogP contribution in [0.4, 0.5) is 27.8 Å². The van der Waals surface area contributed by atoms with E-state index in [2.05, 4.69) is 14.5 Å². The number of aromatic nitrogens is 1. The van der Waals surface area contributed by atoms with Crippen molar-refractivity contribution in [2.45, 2.75) is 26.1 Å². The third-order valence-electron chi connectivity index (χ3n) is 2.40. The average molecular weight is 344 g/mol. The lowest BCUT2D eigenvalue weighted by Crippen LogP contribution is -2.21. The number of alkyl halides is 5. The number of halogens is 5. The molecule has 7 nitrogen and oxygen atoms in total. The van der Waals surface area contributed by atoms with Crippen LogP contribution in [0.25, 0.3) is 0 Å². The Morgan fingerprint density at radius 1 is 1.43 bits per heavy atom. The molecule has 0 aliphatic carbocycles. The molecule has 0 atom stereocenters. The van der Waals surface area contributed by atoms with Crippen molar-refractivity contribution >= 4 is 11.8 Å². The molecule has 0 saturated heterocycles. The van der Waals surface area contributed by atoms with E-state index in [1.807, 2.05) is 0 Å². The summed E-state index contributed by atoms with van der Waals surface area (Å²) in [5, 5.41) is 10.7. The van der Waals surface area contributed by atoms with Crippen LogP contribution in [0.1, 0.15) is 24.5 Å². The van der Waals surface area contributed by atoms with Gasteiger partial charge in [-0.1, -0.05) is 0 Å². The van der Waals surface area contributed by atoms with Gasteiger partial charge in [0.25, 0.3) is 6.43 Å². The highest BCUT2D eigenvalue weighted by Crippen LogP contribution is 2.38. The van der Waals surface area contributed by atoms with Crippen molar-refractivity contribution in [3.63, 3.8) is 0 Å². The van der Waals surface area contributed by atoms with Gasteiger partial charge in [0.2, 0.25) is 5.75 Å². The Labute approximate surface area is 125 Å². The molecule has 0 radical (unpaired) electrons. The van der Waals surface area contributed by atoms with E-state index < -0.39 is 52.8 Å². The number of esters is 1. The Kier molecular flexibility index (Phi) is 5.76. The van der Waals surface area contributed by atoms with Gasteiger partial charge in [-0.2, -0.15) is 0 Å². The molecule has 0 aliphatic heterocycles. The molecule has 0 unspecified atom stereocenters. The van der Waals surface area contributed by atoms with Crippen LogP contribution >= 0.6 is 0 Å². The molecule has 0 spiro atoms. The van der Waals surface area contributed by atoms with Gasteiger partial charge >= 0.3 is 18.1 Å². The van der Waals surface area contributed by atoms with Crippen molar-refractivity contribution in [1.29, 1.82) is 0 Å². The van der Waals surface area contributed by atoms with E-state index in [0.717, 1.165) is 0 Å². The molecule has 0 amide bonds. The number of nitrogens with zero attached hydrogens (tertiary/aromatic N) is 2. The second-order valence-electron chi connectivity index (χ2n) is 3.93. The number of carbonyl (C=O) groups is 1. The van der Waals surface area contributed by atoms with Crippen molar-refractivity contribution in [1.82, 2.24) is 4.98 Å². The van der Waals surface area contributed by atoms with Gasteiger partial charge in [-0.3, -0.25) is 4.79 Å². The second-order valence-corrected chi connectivity index (χ2v) is 3.93. The van der Waals surface area contributed by atoms with Crippen LogP contribution in [0.2, 0.25) is 0 Å². The van der Waals surface area contributed by atoms with E-state index >= 15 is 0 Å². The lowest BCUT2D eigenvalue weighted by molar-refractivity contribution is -0.393. The summed E-state index contributed by atoms with van der Waals surface area (Å²) in [7, 11) is 0. The van der Waals surface area contributed by atoms with Crippen LogP contribution in [0, 0.1) is 10.1 Å². The van der Waals surface area contributed by atoms with Crippen molar-refractivity contribution in [2.75, 3.05) is 6.61 Å². The standard InChI is InChI=1S/C11H9F5N2O5/c1-2-22-7(19)3-5-6(9(12)13)4-17-10(18(20)21)8(5)23-11(14,15)16/h4,9H,2-3H2,1H3. The number of rotatable bonds is 6. The highest BCUT2D eigenvalue weighted by molar-refractivity contribution is 5.75. The van der Waals surface area contributed by atoms with Crippen molar-refractivity contribution in [3.8, 4) is 5.75 Å². The molecule has 128 valence electrons. The highest BCUT2D eigenvalue weighted by Gasteiger charge is 2.39. The second kappa shape index (κ2) is 7.15. The molecule has 0 N–H and O–H groups in total. The third-order valence-corrected chi connectivity index (χ3v) is 2.40. The van der Waals surface area contributed by atoms with Crippen LogP contribution in [-0.4, -0.2) is 28.8 Å². The van der Waals surface area contributed by atoms with Gasteiger partial charge in [0.1, 0.15) is 6.20 Å². The lowest BCUT2D eigenvalue weighted by atomic mass is 10.1. The monoisotopic (exact) mass is 344 g/mol. The zero-order valence-electron chi connectivity index (χ0n) is 11.4. The van der Waals surface area contributed by atoms with Gasteiger partial charge in [0.15, 0.2) is 0 Å². The number of hydrogen-bond donors (Lipinski definition) is 0. The maximum atomic E-state index is 12.9. The number of pyridine rings is 1. The molecule has 0 aromatic carbocycles. The molecule has 1 aromatic heterocycles. The summed E-state index contributed by atoms with van der Waals surface area (Å²) >= 11 is 0. The fourth-order valence-electron chi connectivity index (χ4n) is 1.61. The predicted octanol–water partition coefficient (Wildman–Crippen LogP) is 2.93. The van der Waals surface area contributed by atoms with E-state index in [1.54, 1.807) is 0 Å². The van der Waals surface area contributed by atoms with Crippen LogP contribution in [0.5, 0.6) is 5.75 Å². The Morgan fingerprint density at radius 3 is 2.48 bits per heavy atom. The maximum Gasteiger partial charge on any atom is 0.573 e. The molecule has 1 heterocycles. The van der Waals surface area contributed by atoms with E-state index in [9.17, 15) is 36.9 Å². The fourth-order valence-corrected chi connectivity index (χ4v) is 1.61. The summed E-state index contributed by atoms with van der Waals surface area (Å²) < 4.78 is 70.9. The van der Waals surface area contributed by atoms with Gasteiger partial charge in [-0.05, 0) is 16.8 Å². The van der Waals surface area contributed by atoms with E-state index in [-0.39, 0.29) is 6.61 Å². The number of carbonyl (C=O) groups excluding carboxylic acids is 1. The Hall–Kier alpha value is -2.53. The largest absolute Gasteiger partial charge is 0.573 e. The minimum Gasteiger partial charge on any atom is -0.466 e. The van der Waals surface area contributed by atoms with Gasteiger partial charge in [0.05, 0.1) is 18.6 Å². The summed E-state index contributed by atoms with van der Waals surface area (Å²) in [5.41, 5.74) is -2.10. The van der Waals surface area contributed by atoms with Crippen molar-refractivity contribution in [2.24, 2.45) is 0 Å². The van der Waals surface area contributed by atoms with Crippen molar-refractivity contribution < 1.29 is 41.1 Å². The van der Waals surface area contributed by atoms with Gasteiger partial charge in [-0.15, -0.1) is 13.2 Å². The topological polar surface area (TPSA) is 91.6 Å². The predicted molar refractivity (Wildman–Crippen MR) is 62.9 cm³/mol. The summed E-state index contributed by atoms with van der Waals surface area (Å²) in [6.45, 7) is 1.22. The Morgan fingerprint density at radius 2 is 2.04 bits per heavy atom. The SMILES string of the molecule is CCOC(=O)Cc1c(C(F)F)cnc([N+](=O)[O-])c1OC(F)(F)F. The first-order valence-electron chi connectivity index (χ1n) is 5.92. The lowest BCUT2D eigenvalue weighted by Gasteiger charge is -2.15. The fraction of sp³-hybridized carbons (Fsp3) is 0.455. The Bertz CT molecular complexity index is 605. The Balaban J connectivity index is 3.52. The summed E-state index contributed by atoms with van der Waals surface area (Å²) in [6, 6.07) is 0. The van der Waals surface area contributed by atoms with Gasteiger partial charge in [-0.25, -0.2) is 8.78 Å². The van der Waals surface area contributed by atoms with Gasteiger partial charge in [0, 0.05) is 5.56 Å². The van der Waals surface area contributed by atoms with E-state index in [4.69, 9.17) is 0 Å². The van der Waals surface area contributed by atoms with Crippen LogP contribution < -0.4 is 4.74 Å². The summed E-state index contributed by atoms with van der Waals surface area (Å²) in [5.74, 6) is -4.15. The summed E-state index contributed by atoms with van der Waals surface area (Å²) in [4.78, 5) is 23.7. The molecule has 1 aromatic rings. The van der Waals surface area contributed by atoms with E-state index in [0.29, 0.717) is 6.20 Å². The quantitative estimate of drug-likeness (QED) is 0.341. The normalized spacial score (nSPS) is 11.4. The molecule has 0 bridgehead atoms. The van der Waals surface area contributed by atoms with Crippen LogP contribution in [0.3, 0.4) is 0 Å². The molecule has 0 saturated carbocycles. The van der Waals surface area contributed by atoms with E-state index in [1.165, 1.54) is 6.92 Å². The average Bonchev–Trinajstić information content (AvgIpc) is 2.38. The zero-order chi connectivity index (χ0) is 17.8. The van der Waals surface area contributed by atoms with Crippen molar-refractivity contribution in [3.05, 3.63) is 27.4 Å². The number of hydrogen-bond acceptors (Lipinski definition) is 6. The highest BCUT2D eigenvalue weighted by atomic mass is 19.4. The zero-order valence-corrected chi connectivity index (χ0v) is 11.4. The molecular weight excluding hydrogens is 335 g/mol. The first kappa shape index (κ1) is 18.5. The molecular formula is C11H9F5N2O5. The maximum absolute atomic E-state index is 12.9. The van der Waals surface area contributed by atoms with Crippen LogP contribution in [-0.2, 0) is 16.0 Å². The minimum atomic E-state index is -5.41. The minimum absolute atomic E-state index is 0.161. The first-order valence-corrected chi connectivity index (χ1v) is 5.92. The number of ether oxygens (including phenoxy) is 2.